The summed E-state index contributed by atoms with van der Waals surface area (Å²) >= 11 is 3.30. The Hall–Kier alpha value is -0.630. The first kappa shape index (κ1) is 11.4. The van der Waals surface area contributed by atoms with Crippen LogP contribution in [-0.2, 0) is 0 Å². The van der Waals surface area contributed by atoms with Gasteiger partial charge in [0.25, 0.3) is 0 Å². The quantitative estimate of drug-likeness (QED) is 0.583. The SMILES string of the molecule is Cc1cc(C)c(C(=O)C(C)Br)cc1C. The maximum atomic E-state index is 11.8. The van der Waals surface area contributed by atoms with E-state index >= 15 is 0 Å². The molecule has 2 heteroatoms. The van der Waals surface area contributed by atoms with E-state index in [1.165, 1.54) is 11.1 Å². The Bertz CT molecular complexity index is 367. The number of halogens is 1. The first-order chi connectivity index (χ1) is 6.43. The van der Waals surface area contributed by atoms with Gasteiger partial charge in [-0.1, -0.05) is 22.0 Å². The van der Waals surface area contributed by atoms with Crippen molar-refractivity contribution in [1.29, 1.82) is 0 Å². The first-order valence-electron chi connectivity index (χ1n) is 4.69. The minimum Gasteiger partial charge on any atom is -0.293 e. The van der Waals surface area contributed by atoms with Gasteiger partial charge >= 0.3 is 0 Å². The highest BCUT2D eigenvalue weighted by atomic mass is 79.9. The molecule has 1 atom stereocenters. The number of benzene rings is 1. The monoisotopic (exact) mass is 254 g/mol. The molecule has 0 saturated heterocycles. The molecular formula is C12H15BrO. The molecule has 0 saturated carbocycles. The standard InChI is InChI=1S/C12H15BrO/c1-7-5-9(3)11(6-8(7)2)12(14)10(4)13/h5-6,10H,1-4H3. The topological polar surface area (TPSA) is 17.1 Å². The Morgan fingerprint density at radius 3 is 2.14 bits per heavy atom. The highest BCUT2D eigenvalue weighted by Crippen LogP contribution is 2.18. The molecule has 0 aliphatic rings. The first-order valence-corrected chi connectivity index (χ1v) is 5.61. The summed E-state index contributed by atoms with van der Waals surface area (Å²) in [4.78, 5) is 11.7. The maximum absolute atomic E-state index is 11.8. The van der Waals surface area contributed by atoms with E-state index in [4.69, 9.17) is 0 Å². The van der Waals surface area contributed by atoms with Crippen molar-refractivity contribution in [2.75, 3.05) is 0 Å². The van der Waals surface area contributed by atoms with Crippen LogP contribution in [0.1, 0.15) is 34.0 Å². The summed E-state index contributed by atoms with van der Waals surface area (Å²) in [7, 11) is 0. The summed E-state index contributed by atoms with van der Waals surface area (Å²) in [5, 5.41) is 0. The second-order valence-corrected chi connectivity index (χ2v) is 5.11. The molecule has 0 amide bonds. The lowest BCUT2D eigenvalue weighted by atomic mass is 9.97. The number of hydrogen-bond donors (Lipinski definition) is 0. The van der Waals surface area contributed by atoms with Crippen LogP contribution in [0, 0.1) is 20.8 Å². The van der Waals surface area contributed by atoms with E-state index in [1.807, 2.05) is 26.8 Å². The Labute approximate surface area is 93.7 Å². The van der Waals surface area contributed by atoms with Gasteiger partial charge in [-0.25, -0.2) is 0 Å². The molecule has 1 aromatic carbocycles. The number of ketones is 1. The molecule has 1 unspecified atom stereocenters. The highest BCUT2D eigenvalue weighted by molar-refractivity contribution is 9.10. The number of Topliss-reactive ketones (excluding diaryl/α,β-unsaturated/α-hetero) is 1. The van der Waals surface area contributed by atoms with Gasteiger partial charge in [0, 0.05) is 5.56 Å². The smallest absolute Gasteiger partial charge is 0.176 e. The number of rotatable bonds is 2. The third-order valence-corrected chi connectivity index (χ3v) is 2.88. The van der Waals surface area contributed by atoms with Crippen molar-refractivity contribution < 1.29 is 4.79 Å². The van der Waals surface area contributed by atoms with Gasteiger partial charge in [-0.05, 0) is 50.5 Å². The number of aryl methyl sites for hydroxylation is 3. The third-order valence-electron chi connectivity index (χ3n) is 2.47. The fourth-order valence-corrected chi connectivity index (χ4v) is 1.69. The summed E-state index contributed by atoms with van der Waals surface area (Å²) in [5.74, 6) is 0.158. The number of hydrogen-bond acceptors (Lipinski definition) is 1. The number of alkyl halides is 1. The van der Waals surface area contributed by atoms with Crippen LogP contribution in [0.3, 0.4) is 0 Å². The van der Waals surface area contributed by atoms with Crippen molar-refractivity contribution >= 4 is 21.7 Å². The molecule has 14 heavy (non-hydrogen) atoms. The lowest BCUT2D eigenvalue weighted by Crippen LogP contribution is -2.12. The lowest BCUT2D eigenvalue weighted by molar-refractivity contribution is 0.0995. The summed E-state index contributed by atoms with van der Waals surface area (Å²) in [5.41, 5.74) is 4.30. The molecule has 0 spiro atoms. The van der Waals surface area contributed by atoms with Crippen LogP contribution >= 0.6 is 15.9 Å². The van der Waals surface area contributed by atoms with Gasteiger partial charge in [-0.3, -0.25) is 4.79 Å². The van der Waals surface area contributed by atoms with Crippen molar-refractivity contribution in [3.63, 3.8) is 0 Å². The largest absolute Gasteiger partial charge is 0.293 e. The summed E-state index contributed by atoms with van der Waals surface area (Å²) in [6.07, 6.45) is 0. The molecular weight excluding hydrogens is 240 g/mol. The van der Waals surface area contributed by atoms with Crippen LogP contribution in [0.15, 0.2) is 12.1 Å². The second kappa shape index (κ2) is 4.26. The summed E-state index contributed by atoms with van der Waals surface area (Å²) in [6.45, 7) is 7.94. The van der Waals surface area contributed by atoms with Gasteiger partial charge < -0.3 is 0 Å². The van der Waals surface area contributed by atoms with Gasteiger partial charge in [-0.2, -0.15) is 0 Å². The summed E-state index contributed by atoms with van der Waals surface area (Å²) in [6, 6.07) is 4.04. The molecule has 0 aliphatic heterocycles. The molecule has 1 nitrogen and oxygen atoms in total. The predicted molar refractivity (Wildman–Crippen MR) is 63.4 cm³/mol. The van der Waals surface area contributed by atoms with Crippen molar-refractivity contribution in [2.45, 2.75) is 32.5 Å². The number of carbonyl (C=O) groups excluding carboxylic acids is 1. The highest BCUT2D eigenvalue weighted by Gasteiger charge is 2.14. The second-order valence-electron chi connectivity index (χ2n) is 3.73. The van der Waals surface area contributed by atoms with E-state index in [0.717, 1.165) is 11.1 Å². The van der Waals surface area contributed by atoms with E-state index in [2.05, 4.69) is 28.9 Å². The van der Waals surface area contributed by atoms with E-state index in [9.17, 15) is 4.79 Å². The van der Waals surface area contributed by atoms with Crippen molar-refractivity contribution in [3.8, 4) is 0 Å². The van der Waals surface area contributed by atoms with Crippen LogP contribution in [0.25, 0.3) is 0 Å². The Morgan fingerprint density at radius 1 is 1.14 bits per heavy atom. The normalized spacial score (nSPS) is 12.6. The van der Waals surface area contributed by atoms with Crippen LogP contribution in [0.2, 0.25) is 0 Å². The predicted octanol–water partition coefficient (Wildman–Crippen LogP) is 3.58. The molecule has 0 aromatic heterocycles. The van der Waals surface area contributed by atoms with Crippen LogP contribution in [0.4, 0.5) is 0 Å². The zero-order valence-corrected chi connectivity index (χ0v) is 10.6. The molecule has 1 rings (SSSR count). The number of carbonyl (C=O) groups is 1. The van der Waals surface area contributed by atoms with Gasteiger partial charge in [0.15, 0.2) is 5.78 Å². The summed E-state index contributed by atoms with van der Waals surface area (Å²) < 4.78 is 0. The van der Waals surface area contributed by atoms with Crippen molar-refractivity contribution in [1.82, 2.24) is 0 Å². The van der Waals surface area contributed by atoms with Gasteiger partial charge in [0.05, 0.1) is 4.83 Å². The van der Waals surface area contributed by atoms with E-state index < -0.39 is 0 Å². The van der Waals surface area contributed by atoms with E-state index in [-0.39, 0.29) is 10.6 Å². The van der Waals surface area contributed by atoms with Gasteiger partial charge in [-0.15, -0.1) is 0 Å². The molecule has 76 valence electrons. The average Bonchev–Trinajstić information content (AvgIpc) is 2.10. The van der Waals surface area contributed by atoms with E-state index in [0.29, 0.717) is 0 Å². The van der Waals surface area contributed by atoms with E-state index in [1.54, 1.807) is 0 Å². The van der Waals surface area contributed by atoms with Crippen molar-refractivity contribution in [2.24, 2.45) is 0 Å². The van der Waals surface area contributed by atoms with Crippen LogP contribution in [0.5, 0.6) is 0 Å². The van der Waals surface area contributed by atoms with Crippen LogP contribution < -0.4 is 0 Å². The maximum Gasteiger partial charge on any atom is 0.176 e. The minimum absolute atomic E-state index is 0.108. The minimum atomic E-state index is -0.108. The lowest BCUT2D eigenvalue weighted by Gasteiger charge is -2.09. The molecule has 0 heterocycles. The Kier molecular flexibility index (Phi) is 3.48. The fourth-order valence-electron chi connectivity index (χ4n) is 1.44. The molecule has 0 aliphatic carbocycles. The molecule has 0 radical (unpaired) electrons. The zero-order valence-electron chi connectivity index (χ0n) is 9.02. The zero-order chi connectivity index (χ0) is 10.9. The van der Waals surface area contributed by atoms with Gasteiger partial charge in [0.2, 0.25) is 0 Å². The molecule has 1 aromatic rings. The van der Waals surface area contributed by atoms with Crippen LogP contribution in [-0.4, -0.2) is 10.6 Å². The Balaban J connectivity index is 3.22. The fraction of sp³-hybridized carbons (Fsp3) is 0.417. The van der Waals surface area contributed by atoms with Crippen molar-refractivity contribution in [3.05, 3.63) is 34.4 Å². The molecule has 0 bridgehead atoms. The Morgan fingerprint density at radius 2 is 1.64 bits per heavy atom. The third kappa shape index (κ3) is 2.24. The molecule has 0 N–H and O–H groups in total. The van der Waals surface area contributed by atoms with Gasteiger partial charge in [0.1, 0.15) is 0 Å². The molecule has 0 fully saturated rings. The average molecular weight is 255 g/mol.